The van der Waals surface area contributed by atoms with E-state index in [0.29, 0.717) is 33.2 Å². The number of nitrogens with zero attached hydrogens (tertiary/aromatic N) is 2. The van der Waals surface area contributed by atoms with Gasteiger partial charge < -0.3 is 13.9 Å². The van der Waals surface area contributed by atoms with Crippen LogP contribution in [0.2, 0.25) is 0 Å². The number of aryl methyl sites for hydroxylation is 3. The Hall–Kier alpha value is -3.65. The summed E-state index contributed by atoms with van der Waals surface area (Å²) in [6.45, 7) is 5.75. The van der Waals surface area contributed by atoms with Gasteiger partial charge in [-0.3, -0.25) is 14.5 Å². The minimum atomic E-state index is -0.774. The molecular formula is C25H22N2O5S. The highest BCUT2D eigenvalue weighted by Crippen LogP contribution is 2.46. The second kappa shape index (κ2) is 7.74. The summed E-state index contributed by atoms with van der Waals surface area (Å²) in [5, 5.41) is 0.928. The number of anilines is 1. The lowest BCUT2D eigenvalue weighted by molar-refractivity contribution is 0.0970. The van der Waals surface area contributed by atoms with Crippen molar-refractivity contribution in [1.82, 2.24) is 4.98 Å². The number of benzene rings is 2. The maximum Gasteiger partial charge on any atom is 0.297 e. The molecule has 0 saturated carbocycles. The van der Waals surface area contributed by atoms with Crippen molar-refractivity contribution >= 4 is 33.3 Å². The van der Waals surface area contributed by atoms with E-state index in [4.69, 9.17) is 13.9 Å². The van der Waals surface area contributed by atoms with Crippen LogP contribution in [-0.4, -0.2) is 25.1 Å². The Bertz CT molecular complexity index is 1470. The first-order valence-electron chi connectivity index (χ1n) is 10.4. The van der Waals surface area contributed by atoms with Crippen LogP contribution in [0.4, 0.5) is 5.13 Å². The molecule has 0 unspecified atom stereocenters. The Kier molecular flexibility index (Phi) is 4.97. The van der Waals surface area contributed by atoms with Crippen LogP contribution in [-0.2, 0) is 0 Å². The minimum absolute atomic E-state index is 0.0248. The van der Waals surface area contributed by atoms with Crippen molar-refractivity contribution in [1.29, 1.82) is 0 Å². The molecule has 0 fully saturated rings. The van der Waals surface area contributed by atoms with Crippen molar-refractivity contribution in [3.05, 3.63) is 79.6 Å². The molecule has 33 heavy (non-hydrogen) atoms. The van der Waals surface area contributed by atoms with Crippen molar-refractivity contribution in [3.63, 3.8) is 0 Å². The highest BCUT2D eigenvalue weighted by molar-refractivity contribution is 7.15. The zero-order chi connectivity index (χ0) is 23.4. The summed E-state index contributed by atoms with van der Waals surface area (Å²) in [7, 11) is 3.12. The Labute approximate surface area is 194 Å². The molecule has 7 nitrogen and oxygen atoms in total. The number of fused-ring (bicyclic) bond motifs is 2. The van der Waals surface area contributed by atoms with E-state index in [1.165, 1.54) is 16.2 Å². The summed E-state index contributed by atoms with van der Waals surface area (Å²) >= 11 is 1.40. The van der Waals surface area contributed by atoms with Gasteiger partial charge in [-0.2, -0.15) is 0 Å². The van der Waals surface area contributed by atoms with E-state index in [1.807, 2.05) is 26.8 Å². The van der Waals surface area contributed by atoms with E-state index in [1.54, 1.807) is 44.6 Å². The lowest BCUT2D eigenvalue weighted by Gasteiger charge is -2.24. The molecule has 1 amide bonds. The van der Waals surface area contributed by atoms with Crippen LogP contribution in [0.3, 0.4) is 0 Å². The Morgan fingerprint density at radius 1 is 1.03 bits per heavy atom. The molecule has 3 heterocycles. The van der Waals surface area contributed by atoms with Crippen LogP contribution >= 0.6 is 11.3 Å². The molecule has 1 atom stereocenters. The maximum atomic E-state index is 13.8. The summed E-state index contributed by atoms with van der Waals surface area (Å²) in [6, 6.07) is 9.90. The van der Waals surface area contributed by atoms with Crippen molar-refractivity contribution in [3.8, 4) is 11.5 Å². The first kappa shape index (κ1) is 21.2. The van der Waals surface area contributed by atoms with Gasteiger partial charge in [0.05, 0.1) is 30.9 Å². The minimum Gasteiger partial charge on any atom is -0.497 e. The van der Waals surface area contributed by atoms with E-state index in [9.17, 15) is 9.59 Å². The van der Waals surface area contributed by atoms with Crippen LogP contribution in [0.1, 0.15) is 43.9 Å². The molecule has 2 aromatic heterocycles. The van der Waals surface area contributed by atoms with Gasteiger partial charge in [0, 0.05) is 10.4 Å². The number of thiazole rings is 1. The van der Waals surface area contributed by atoms with Gasteiger partial charge in [-0.25, -0.2) is 4.98 Å². The lowest BCUT2D eigenvalue weighted by atomic mass is 9.97. The van der Waals surface area contributed by atoms with Crippen LogP contribution in [0, 0.1) is 20.8 Å². The third kappa shape index (κ3) is 3.21. The number of rotatable bonds is 4. The quantitative estimate of drug-likeness (QED) is 0.427. The van der Waals surface area contributed by atoms with Crippen molar-refractivity contribution < 1.29 is 18.7 Å². The highest BCUT2D eigenvalue weighted by atomic mass is 32.1. The number of carbonyl (C=O) groups is 1. The lowest BCUT2D eigenvalue weighted by Crippen LogP contribution is -2.29. The molecule has 0 saturated heterocycles. The fourth-order valence-corrected chi connectivity index (χ4v) is 5.13. The number of aromatic nitrogens is 1. The molecular weight excluding hydrogens is 440 g/mol. The standard InChI is InChI=1S/C25H22N2O5S/c1-12-6-8-19-17(10-12)22(28)20-21(16-11-15(30-4)7-9-18(16)31-5)27(24(29)23(20)32-19)25-26-13(2)14(3)33-25/h6-11,21H,1-5H3/t21-/m1/s1. The average molecular weight is 463 g/mol. The third-order valence-corrected chi connectivity index (χ3v) is 7.05. The first-order valence-corrected chi connectivity index (χ1v) is 11.2. The van der Waals surface area contributed by atoms with Gasteiger partial charge >= 0.3 is 0 Å². The summed E-state index contributed by atoms with van der Waals surface area (Å²) in [4.78, 5) is 34.6. The number of ether oxygens (including phenoxy) is 2. The number of methoxy groups -OCH3 is 2. The summed E-state index contributed by atoms with van der Waals surface area (Å²) in [5.41, 5.74) is 2.78. The van der Waals surface area contributed by atoms with E-state index in [2.05, 4.69) is 4.98 Å². The number of amides is 1. The fraction of sp³-hybridized carbons (Fsp3) is 0.240. The third-order valence-electron chi connectivity index (χ3n) is 5.98. The van der Waals surface area contributed by atoms with Gasteiger partial charge in [0.15, 0.2) is 10.6 Å². The second-order valence-electron chi connectivity index (χ2n) is 8.00. The number of carbonyl (C=O) groups excluding carboxylic acids is 1. The second-order valence-corrected chi connectivity index (χ2v) is 9.18. The van der Waals surface area contributed by atoms with Crippen molar-refractivity contribution in [2.24, 2.45) is 0 Å². The molecule has 0 aliphatic carbocycles. The highest BCUT2D eigenvalue weighted by Gasteiger charge is 2.46. The molecule has 4 aromatic rings. The molecule has 5 rings (SSSR count). The molecule has 0 radical (unpaired) electrons. The van der Waals surface area contributed by atoms with Gasteiger partial charge in [0.1, 0.15) is 23.1 Å². The summed E-state index contributed by atoms with van der Waals surface area (Å²) in [5.74, 6) is 0.726. The van der Waals surface area contributed by atoms with Gasteiger partial charge in [-0.05, 0) is 51.1 Å². The Balaban J connectivity index is 1.86. The topological polar surface area (TPSA) is 81.9 Å². The van der Waals surface area contributed by atoms with Crippen LogP contribution < -0.4 is 19.8 Å². The van der Waals surface area contributed by atoms with Crippen molar-refractivity contribution in [2.75, 3.05) is 19.1 Å². The van der Waals surface area contributed by atoms with E-state index in [-0.39, 0.29) is 16.8 Å². The average Bonchev–Trinajstić information content (AvgIpc) is 3.29. The largest absolute Gasteiger partial charge is 0.497 e. The predicted molar refractivity (Wildman–Crippen MR) is 127 cm³/mol. The van der Waals surface area contributed by atoms with Gasteiger partial charge in [0.25, 0.3) is 5.91 Å². The monoisotopic (exact) mass is 462 g/mol. The Morgan fingerprint density at radius 2 is 1.82 bits per heavy atom. The zero-order valence-electron chi connectivity index (χ0n) is 18.9. The molecule has 2 aromatic carbocycles. The molecule has 0 N–H and O–H groups in total. The van der Waals surface area contributed by atoms with E-state index >= 15 is 0 Å². The van der Waals surface area contributed by atoms with Crippen molar-refractivity contribution in [2.45, 2.75) is 26.8 Å². The fourth-order valence-electron chi connectivity index (χ4n) is 4.19. The number of hydrogen-bond acceptors (Lipinski definition) is 7. The molecule has 1 aliphatic heterocycles. The smallest absolute Gasteiger partial charge is 0.297 e. The summed E-state index contributed by atoms with van der Waals surface area (Å²) in [6.07, 6.45) is 0. The Morgan fingerprint density at radius 3 is 2.48 bits per heavy atom. The van der Waals surface area contributed by atoms with Gasteiger partial charge in [0.2, 0.25) is 5.76 Å². The van der Waals surface area contributed by atoms with Crippen LogP contribution in [0.5, 0.6) is 11.5 Å². The van der Waals surface area contributed by atoms with Crippen LogP contribution in [0.25, 0.3) is 11.0 Å². The molecule has 0 spiro atoms. The van der Waals surface area contributed by atoms with E-state index < -0.39 is 11.9 Å². The first-order chi connectivity index (χ1) is 15.8. The van der Waals surface area contributed by atoms with E-state index in [0.717, 1.165) is 16.1 Å². The van der Waals surface area contributed by atoms with Gasteiger partial charge in [-0.15, -0.1) is 11.3 Å². The molecule has 0 bridgehead atoms. The summed E-state index contributed by atoms with van der Waals surface area (Å²) < 4.78 is 17.1. The zero-order valence-corrected chi connectivity index (χ0v) is 19.7. The maximum absolute atomic E-state index is 13.8. The molecule has 8 heteroatoms. The SMILES string of the molecule is COc1ccc(OC)c([C@@H]2c3c(oc4ccc(C)cc4c3=O)C(=O)N2c2nc(C)c(C)s2)c1. The van der Waals surface area contributed by atoms with Gasteiger partial charge in [-0.1, -0.05) is 11.6 Å². The van der Waals surface area contributed by atoms with Crippen LogP contribution in [0.15, 0.2) is 45.6 Å². The predicted octanol–water partition coefficient (Wildman–Crippen LogP) is 4.94. The molecule has 1 aliphatic rings. The normalized spacial score (nSPS) is 15.2. The molecule has 168 valence electrons. The number of hydrogen-bond donors (Lipinski definition) is 0.